The van der Waals surface area contributed by atoms with Crippen LogP contribution in [0, 0.1) is 0 Å². The quantitative estimate of drug-likeness (QED) is 0.780. The minimum absolute atomic E-state index is 0.505. The largest absolute Gasteiger partial charge is 0.494 e. The molecule has 0 atom stereocenters. The van der Waals surface area contributed by atoms with Gasteiger partial charge in [-0.25, -0.2) is 4.98 Å². The van der Waals surface area contributed by atoms with E-state index in [4.69, 9.17) is 14.9 Å². The van der Waals surface area contributed by atoms with Crippen molar-refractivity contribution in [1.82, 2.24) is 4.98 Å². The predicted octanol–water partition coefficient (Wildman–Crippen LogP) is 3.28. The Labute approximate surface area is 123 Å². The van der Waals surface area contributed by atoms with Crippen molar-refractivity contribution in [2.24, 2.45) is 5.73 Å². The molecule has 1 aromatic heterocycles. The Morgan fingerprint density at radius 2 is 1.86 bits per heavy atom. The summed E-state index contributed by atoms with van der Waals surface area (Å²) >= 11 is 0. The smallest absolute Gasteiger partial charge is 0.199 e. The van der Waals surface area contributed by atoms with E-state index in [2.05, 4.69) is 4.98 Å². The van der Waals surface area contributed by atoms with Gasteiger partial charge in [0.05, 0.1) is 6.61 Å². The van der Waals surface area contributed by atoms with Crippen molar-refractivity contribution in [1.29, 1.82) is 0 Å². The maximum absolute atomic E-state index is 5.79. The molecule has 1 heterocycles. The van der Waals surface area contributed by atoms with E-state index in [1.54, 1.807) is 0 Å². The van der Waals surface area contributed by atoms with Crippen molar-refractivity contribution in [2.75, 3.05) is 6.61 Å². The summed E-state index contributed by atoms with van der Waals surface area (Å²) in [6.45, 7) is 3.15. The second kappa shape index (κ2) is 5.97. The Morgan fingerprint density at radius 3 is 2.57 bits per heavy atom. The molecule has 2 aromatic carbocycles. The van der Waals surface area contributed by atoms with Gasteiger partial charge in [0.25, 0.3) is 0 Å². The SMILES string of the molecule is CCOc1ccc(Cc2nc3ccc(CN)cc3o2)cc1. The summed E-state index contributed by atoms with van der Waals surface area (Å²) in [5.74, 6) is 1.59. The van der Waals surface area contributed by atoms with E-state index in [0.29, 0.717) is 25.5 Å². The van der Waals surface area contributed by atoms with E-state index in [1.165, 1.54) is 0 Å². The zero-order valence-electron chi connectivity index (χ0n) is 12.0. The molecule has 0 radical (unpaired) electrons. The van der Waals surface area contributed by atoms with Gasteiger partial charge in [-0.05, 0) is 42.3 Å². The van der Waals surface area contributed by atoms with Gasteiger partial charge in [-0.3, -0.25) is 0 Å². The van der Waals surface area contributed by atoms with Crippen LogP contribution in [0.15, 0.2) is 46.9 Å². The molecule has 4 heteroatoms. The van der Waals surface area contributed by atoms with Crippen LogP contribution in [0.3, 0.4) is 0 Å². The zero-order valence-corrected chi connectivity index (χ0v) is 12.0. The first kappa shape index (κ1) is 13.6. The summed E-state index contributed by atoms with van der Waals surface area (Å²) in [7, 11) is 0. The van der Waals surface area contributed by atoms with E-state index in [1.807, 2.05) is 49.4 Å². The van der Waals surface area contributed by atoms with Crippen LogP contribution in [0.4, 0.5) is 0 Å². The first-order valence-corrected chi connectivity index (χ1v) is 7.08. The molecule has 3 rings (SSSR count). The average Bonchev–Trinajstić information content (AvgIpc) is 2.90. The van der Waals surface area contributed by atoms with Crippen LogP contribution in [0.25, 0.3) is 11.1 Å². The number of hydrogen-bond acceptors (Lipinski definition) is 4. The van der Waals surface area contributed by atoms with Gasteiger partial charge < -0.3 is 14.9 Å². The third kappa shape index (κ3) is 3.06. The van der Waals surface area contributed by atoms with Crippen LogP contribution in [0.2, 0.25) is 0 Å². The summed E-state index contributed by atoms with van der Waals surface area (Å²) in [4.78, 5) is 4.50. The van der Waals surface area contributed by atoms with Crippen molar-refractivity contribution in [3.63, 3.8) is 0 Å². The average molecular weight is 282 g/mol. The number of fused-ring (bicyclic) bond motifs is 1. The van der Waals surface area contributed by atoms with E-state index in [-0.39, 0.29) is 0 Å². The highest BCUT2D eigenvalue weighted by atomic mass is 16.5. The third-order valence-corrected chi connectivity index (χ3v) is 3.32. The van der Waals surface area contributed by atoms with Gasteiger partial charge in [0.2, 0.25) is 0 Å². The van der Waals surface area contributed by atoms with Gasteiger partial charge >= 0.3 is 0 Å². The zero-order chi connectivity index (χ0) is 14.7. The number of rotatable bonds is 5. The summed E-state index contributed by atoms with van der Waals surface area (Å²) in [6.07, 6.45) is 0.666. The molecule has 3 aromatic rings. The number of nitrogens with two attached hydrogens (primary N) is 1. The highest BCUT2D eigenvalue weighted by Crippen LogP contribution is 2.20. The molecule has 0 aliphatic carbocycles. The number of hydrogen-bond donors (Lipinski definition) is 1. The van der Waals surface area contributed by atoms with Gasteiger partial charge in [0.1, 0.15) is 11.3 Å². The fourth-order valence-corrected chi connectivity index (χ4v) is 2.26. The molecule has 0 aliphatic heterocycles. The standard InChI is InChI=1S/C17H18N2O2/c1-2-20-14-6-3-12(4-7-14)10-17-19-15-8-5-13(11-18)9-16(15)21-17/h3-9H,2,10-11,18H2,1H3. The lowest BCUT2D eigenvalue weighted by Crippen LogP contribution is -1.94. The molecule has 0 aliphatic rings. The van der Waals surface area contributed by atoms with Gasteiger partial charge in [-0.1, -0.05) is 18.2 Å². The van der Waals surface area contributed by atoms with Gasteiger partial charge in [-0.2, -0.15) is 0 Å². The first-order chi connectivity index (χ1) is 10.3. The highest BCUT2D eigenvalue weighted by molar-refractivity contribution is 5.73. The number of nitrogens with zero attached hydrogens (tertiary/aromatic N) is 1. The lowest BCUT2D eigenvalue weighted by Gasteiger charge is -2.03. The van der Waals surface area contributed by atoms with Crippen LogP contribution < -0.4 is 10.5 Å². The van der Waals surface area contributed by atoms with E-state index < -0.39 is 0 Å². The Kier molecular flexibility index (Phi) is 3.88. The molecule has 0 saturated carbocycles. The minimum Gasteiger partial charge on any atom is -0.494 e. The minimum atomic E-state index is 0.505. The molecule has 0 bridgehead atoms. The van der Waals surface area contributed by atoms with Gasteiger partial charge in [0.15, 0.2) is 11.5 Å². The summed E-state index contributed by atoms with van der Waals surface area (Å²) < 4.78 is 11.2. The van der Waals surface area contributed by atoms with Crippen molar-refractivity contribution in [3.05, 3.63) is 59.5 Å². The highest BCUT2D eigenvalue weighted by Gasteiger charge is 2.07. The second-order valence-electron chi connectivity index (χ2n) is 4.87. The van der Waals surface area contributed by atoms with Crippen LogP contribution in [-0.2, 0) is 13.0 Å². The van der Waals surface area contributed by atoms with Crippen molar-refractivity contribution in [3.8, 4) is 5.75 Å². The Hall–Kier alpha value is -2.33. The number of benzene rings is 2. The number of ether oxygens (including phenoxy) is 1. The van der Waals surface area contributed by atoms with E-state index in [9.17, 15) is 0 Å². The maximum atomic E-state index is 5.79. The van der Waals surface area contributed by atoms with E-state index >= 15 is 0 Å². The predicted molar refractivity (Wildman–Crippen MR) is 82.3 cm³/mol. The number of oxazole rings is 1. The first-order valence-electron chi connectivity index (χ1n) is 7.08. The van der Waals surface area contributed by atoms with Crippen molar-refractivity contribution < 1.29 is 9.15 Å². The van der Waals surface area contributed by atoms with Crippen LogP contribution in [-0.4, -0.2) is 11.6 Å². The molecule has 108 valence electrons. The van der Waals surface area contributed by atoms with Crippen molar-refractivity contribution in [2.45, 2.75) is 19.9 Å². The molecular weight excluding hydrogens is 264 g/mol. The van der Waals surface area contributed by atoms with E-state index in [0.717, 1.165) is 28.0 Å². The lowest BCUT2D eigenvalue weighted by atomic mass is 10.1. The molecule has 0 saturated heterocycles. The van der Waals surface area contributed by atoms with Crippen LogP contribution >= 0.6 is 0 Å². The fourth-order valence-electron chi connectivity index (χ4n) is 2.26. The summed E-state index contributed by atoms with van der Waals surface area (Å²) in [6, 6.07) is 13.9. The Morgan fingerprint density at radius 1 is 1.10 bits per heavy atom. The molecule has 0 unspecified atom stereocenters. The molecular formula is C17H18N2O2. The molecule has 0 fully saturated rings. The normalized spacial score (nSPS) is 11.0. The van der Waals surface area contributed by atoms with Gasteiger partial charge in [-0.15, -0.1) is 0 Å². The molecule has 4 nitrogen and oxygen atoms in total. The summed E-state index contributed by atoms with van der Waals surface area (Å²) in [5, 5.41) is 0. The van der Waals surface area contributed by atoms with Gasteiger partial charge in [0, 0.05) is 13.0 Å². The molecule has 0 amide bonds. The molecule has 0 spiro atoms. The Bertz CT molecular complexity index is 732. The Balaban J connectivity index is 1.80. The van der Waals surface area contributed by atoms with Crippen molar-refractivity contribution >= 4 is 11.1 Å². The monoisotopic (exact) mass is 282 g/mol. The lowest BCUT2D eigenvalue weighted by molar-refractivity contribution is 0.340. The fraction of sp³-hybridized carbons (Fsp3) is 0.235. The molecule has 21 heavy (non-hydrogen) atoms. The third-order valence-electron chi connectivity index (χ3n) is 3.32. The number of aromatic nitrogens is 1. The van der Waals surface area contributed by atoms with Crippen LogP contribution in [0.1, 0.15) is 23.9 Å². The molecule has 2 N–H and O–H groups in total. The maximum Gasteiger partial charge on any atom is 0.199 e. The summed E-state index contributed by atoms with van der Waals surface area (Å²) in [5.41, 5.74) is 9.49. The second-order valence-corrected chi connectivity index (χ2v) is 4.87. The van der Waals surface area contributed by atoms with Crippen LogP contribution in [0.5, 0.6) is 5.75 Å². The topological polar surface area (TPSA) is 61.3 Å².